The minimum atomic E-state index is -4.40. The maximum atomic E-state index is 14.2. The number of hydrogen-bond acceptors (Lipinski definition) is 5. The summed E-state index contributed by atoms with van der Waals surface area (Å²) in [5.74, 6) is -1.94. The van der Waals surface area contributed by atoms with E-state index in [-0.39, 0.29) is 22.8 Å². The van der Waals surface area contributed by atoms with Gasteiger partial charge in [-0.3, -0.25) is 18.9 Å². The van der Waals surface area contributed by atoms with E-state index in [4.69, 9.17) is 11.6 Å². The van der Waals surface area contributed by atoms with Crippen LogP contribution in [0.5, 0.6) is 0 Å². The Hall–Kier alpha value is -3.50. The van der Waals surface area contributed by atoms with Gasteiger partial charge in [-0.1, -0.05) is 11.6 Å². The Morgan fingerprint density at radius 3 is 2.57 bits per heavy atom. The van der Waals surface area contributed by atoms with Gasteiger partial charge in [0, 0.05) is 30.0 Å². The first-order chi connectivity index (χ1) is 16.6. The van der Waals surface area contributed by atoms with E-state index in [2.05, 4.69) is 15.6 Å². The fraction of sp³-hybridized carbons (Fsp3) is 0.208. The van der Waals surface area contributed by atoms with Crippen LogP contribution in [0.1, 0.15) is 23.1 Å². The summed E-state index contributed by atoms with van der Waals surface area (Å²) in [4.78, 5) is 29.6. The molecule has 0 spiro atoms. The molecule has 11 heteroatoms. The quantitative estimate of drug-likeness (QED) is 0.519. The molecule has 8 nitrogen and oxygen atoms in total. The summed E-state index contributed by atoms with van der Waals surface area (Å²) in [6.45, 7) is 3.40. The second kappa shape index (κ2) is 9.63. The van der Waals surface area contributed by atoms with Gasteiger partial charge in [-0.25, -0.2) is 12.8 Å². The van der Waals surface area contributed by atoms with Crippen molar-refractivity contribution in [3.05, 3.63) is 82.4 Å². The molecular weight excluding hydrogens is 495 g/mol. The summed E-state index contributed by atoms with van der Waals surface area (Å²) in [5.41, 5.74) is 1.71. The van der Waals surface area contributed by atoms with Gasteiger partial charge in [0.2, 0.25) is 11.8 Å². The van der Waals surface area contributed by atoms with Gasteiger partial charge in [0.25, 0.3) is 10.0 Å². The normalized spacial score (nSPS) is 15.4. The Labute approximate surface area is 207 Å². The average molecular weight is 517 g/mol. The lowest BCUT2D eigenvalue weighted by molar-refractivity contribution is -0.125. The number of pyridine rings is 1. The third-order valence-electron chi connectivity index (χ3n) is 5.65. The lowest BCUT2D eigenvalue weighted by atomic mass is 10.1. The molecule has 0 saturated heterocycles. The van der Waals surface area contributed by atoms with Crippen molar-refractivity contribution in [3.63, 3.8) is 0 Å². The number of nitrogens with one attached hydrogen (secondary N) is 2. The molecule has 1 aromatic heterocycles. The molecule has 2 heterocycles. The first-order valence-electron chi connectivity index (χ1n) is 10.6. The molecule has 4 rings (SSSR count). The minimum Gasteiger partial charge on any atom is -0.352 e. The van der Waals surface area contributed by atoms with Crippen molar-refractivity contribution >= 4 is 44.8 Å². The summed E-state index contributed by atoms with van der Waals surface area (Å²) in [5, 5.41) is 5.65. The molecule has 0 saturated carbocycles. The maximum Gasteiger partial charge on any atom is 0.265 e. The molecule has 1 aliphatic rings. The van der Waals surface area contributed by atoms with Crippen LogP contribution < -0.4 is 14.9 Å². The van der Waals surface area contributed by atoms with Crippen molar-refractivity contribution < 1.29 is 22.4 Å². The number of amides is 2. The van der Waals surface area contributed by atoms with Crippen molar-refractivity contribution in [3.8, 4) is 0 Å². The zero-order valence-electron chi connectivity index (χ0n) is 18.9. The largest absolute Gasteiger partial charge is 0.352 e. The summed E-state index contributed by atoms with van der Waals surface area (Å²) in [6, 6.07) is 8.32. The fourth-order valence-corrected chi connectivity index (χ4v) is 5.98. The lowest BCUT2D eigenvalue weighted by Gasteiger charge is -2.37. The summed E-state index contributed by atoms with van der Waals surface area (Å²) < 4.78 is 42.8. The van der Waals surface area contributed by atoms with Gasteiger partial charge >= 0.3 is 0 Å². The van der Waals surface area contributed by atoms with Crippen molar-refractivity contribution in [1.29, 1.82) is 0 Å². The van der Waals surface area contributed by atoms with Crippen LogP contribution in [0.25, 0.3) is 0 Å². The smallest absolute Gasteiger partial charge is 0.265 e. The number of nitrogens with zero attached hydrogens (tertiary/aromatic N) is 2. The maximum absolute atomic E-state index is 14.2. The Bertz CT molecular complexity index is 1420. The first-order valence-corrected chi connectivity index (χ1v) is 12.5. The van der Waals surface area contributed by atoms with E-state index in [1.165, 1.54) is 18.2 Å². The zero-order chi connectivity index (χ0) is 25.3. The molecule has 1 atom stereocenters. The van der Waals surface area contributed by atoms with Crippen molar-refractivity contribution in [2.24, 2.45) is 0 Å². The summed E-state index contributed by atoms with van der Waals surface area (Å²) in [7, 11) is -4.40. The highest BCUT2D eigenvalue weighted by atomic mass is 35.5. The molecule has 2 amide bonds. The van der Waals surface area contributed by atoms with E-state index in [9.17, 15) is 22.4 Å². The second-order valence-corrected chi connectivity index (χ2v) is 10.4. The van der Waals surface area contributed by atoms with Gasteiger partial charge in [-0.05, 0) is 66.9 Å². The van der Waals surface area contributed by atoms with Gasteiger partial charge in [-0.15, -0.1) is 0 Å². The first kappa shape index (κ1) is 24.6. The average Bonchev–Trinajstić information content (AvgIpc) is 2.81. The SMILES string of the molecule is Cc1cc(S(=O)(=O)N2c3cc(F)ccc3NC(=O)C2CC(=O)NCc2ccncc2)c(C)cc1Cl. The van der Waals surface area contributed by atoms with E-state index < -0.39 is 40.1 Å². The Morgan fingerprint density at radius 2 is 1.86 bits per heavy atom. The van der Waals surface area contributed by atoms with Crippen LogP contribution in [0.4, 0.5) is 15.8 Å². The molecule has 35 heavy (non-hydrogen) atoms. The zero-order valence-corrected chi connectivity index (χ0v) is 20.5. The molecule has 3 aromatic rings. The van der Waals surface area contributed by atoms with Crippen LogP contribution in [-0.4, -0.2) is 31.3 Å². The highest BCUT2D eigenvalue weighted by Gasteiger charge is 2.42. The van der Waals surface area contributed by atoms with Gasteiger partial charge in [0.05, 0.1) is 22.7 Å². The molecule has 1 unspecified atom stereocenters. The standard InChI is InChI=1S/C24H22ClFN4O4S/c1-14-10-22(15(2)9-18(14)25)35(33,34)30-20-11-17(26)3-4-19(20)29-24(32)21(30)12-23(31)28-13-16-5-7-27-8-6-16/h3-11,21H,12-13H2,1-2H3,(H,28,31)(H,29,32). The molecule has 182 valence electrons. The number of sulfonamides is 1. The topological polar surface area (TPSA) is 108 Å². The summed E-state index contributed by atoms with van der Waals surface area (Å²) in [6.07, 6.45) is 2.68. The van der Waals surface area contributed by atoms with Crippen LogP contribution in [-0.2, 0) is 26.2 Å². The van der Waals surface area contributed by atoms with Crippen molar-refractivity contribution in [1.82, 2.24) is 10.3 Å². The van der Waals surface area contributed by atoms with E-state index in [1.54, 1.807) is 38.4 Å². The number of benzene rings is 2. The number of fused-ring (bicyclic) bond motifs is 1. The molecule has 0 bridgehead atoms. The number of rotatable bonds is 6. The number of carbonyl (C=O) groups excluding carboxylic acids is 2. The highest BCUT2D eigenvalue weighted by molar-refractivity contribution is 7.93. The molecule has 2 aromatic carbocycles. The molecule has 1 aliphatic heterocycles. The second-order valence-electron chi connectivity index (χ2n) is 8.17. The summed E-state index contributed by atoms with van der Waals surface area (Å²) >= 11 is 6.15. The monoisotopic (exact) mass is 516 g/mol. The van der Waals surface area contributed by atoms with Crippen LogP contribution in [0, 0.1) is 19.7 Å². The minimum absolute atomic E-state index is 0.0662. The van der Waals surface area contributed by atoms with Gasteiger partial charge in [0.15, 0.2) is 0 Å². The molecular formula is C24H22ClFN4O4S. The fourth-order valence-electron chi connectivity index (χ4n) is 3.84. The Morgan fingerprint density at radius 1 is 1.14 bits per heavy atom. The van der Waals surface area contributed by atoms with Gasteiger partial charge in [-0.2, -0.15) is 0 Å². The third kappa shape index (κ3) is 4.98. The van der Waals surface area contributed by atoms with Crippen LogP contribution in [0.3, 0.4) is 0 Å². The molecule has 0 fully saturated rings. The third-order valence-corrected chi connectivity index (χ3v) is 8.02. The molecule has 0 radical (unpaired) electrons. The number of carbonyl (C=O) groups is 2. The van der Waals surface area contributed by atoms with Gasteiger partial charge in [0.1, 0.15) is 11.9 Å². The molecule has 2 N–H and O–H groups in total. The van der Waals surface area contributed by atoms with Crippen LogP contribution >= 0.6 is 11.6 Å². The number of anilines is 2. The van der Waals surface area contributed by atoms with Crippen molar-refractivity contribution in [2.45, 2.75) is 37.8 Å². The predicted molar refractivity (Wildman–Crippen MR) is 130 cm³/mol. The predicted octanol–water partition coefficient (Wildman–Crippen LogP) is 3.71. The van der Waals surface area contributed by atoms with E-state index in [1.807, 2.05) is 0 Å². The van der Waals surface area contributed by atoms with Crippen molar-refractivity contribution in [2.75, 3.05) is 9.62 Å². The lowest BCUT2D eigenvalue weighted by Crippen LogP contribution is -2.52. The number of aryl methyl sites for hydroxylation is 2. The number of hydrogen-bond donors (Lipinski definition) is 2. The number of aromatic nitrogens is 1. The molecule has 0 aliphatic carbocycles. The Kier molecular flexibility index (Phi) is 6.77. The van der Waals surface area contributed by atoms with Gasteiger partial charge < -0.3 is 10.6 Å². The highest BCUT2D eigenvalue weighted by Crippen LogP contribution is 2.39. The van der Waals surface area contributed by atoms with Crippen LogP contribution in [0.2, 0.25) is 5.02 Å². The van der Waals surface area contributed by atoms with E-state index in [0.717, 1.165) is 22.0 Å². The van der Waals surface area contributed by atoms with Crippen LogP contribution in [0.15, 0.2) is 59.8 Å². The number of halogens is 2. The van der Waals surface area contributed by atoms with E-state index in [0.29, 0.717) is 16.1 Å². The Balaban J connectivity index is 1.74. The van der Waals surface area contributed by atoms with E-state index >= 15 is 0 Å².